The lowest BCUT2D eigenvalue weighted by Crippen LogP contribution is -2.31. The highest BCUT2D eigenvalue weighted by atomic mass is 32.2. The maximum absolute atomic E-state index is 8.99. The average molecular weight is 339 g/mol. The number of nitrogens with zero attached hydrogens (tertiary/aromatic N) is 2. The molecule has 0 saturated carbocycles. The van der Waals surface area contributed by atoms with Crippen LogP contribution in [0.4, 0.5) is 5.82 Å². The number of rotatable bonds is 5. The first-order valence-electron chi connectivity index (χ1n) is 7.39. The molecule has 0 atom stereocenters. The summed E-state index contributed by atoms with van der Waals surface area (Å²) in [6.45, 7) is 5.78. The van der Waals surface area contributed by atoms with Crippen LogP contribution in [-0.2, 0) is 17.8 Å². The van der Waals surface area contributed by atoms with E-state index in [0.717, 1.165) is 27.6 Å². The van der Waals surface area contributed by atoms with Crippen LogP contribution in [0.5, 0.6) is 0 Å². The third-order valence-electron chi connectivity index (χ3n) is 3.72. The van der Waals surface area contributed by atoms with Gasteiger partial charge in [0.1, 0.15) is 10.6 Å². The van der Waals surface area contributed by atoms with E-state index in [1.807, 2.05) is 6.26 Å². The summed E-state index contributed by atoms with van der Waals surface area (Å²) in [5, 5.41) is 14.3. The second-order valence-corrected chi connectivity index (χ2v) is 7.83. The summed E-state index contributed by atoms with van der Waals surface area (Å²) < 4.78 is 5.92. The van der Waals surface area contributed by atoms with E-state index < -0.39 is 0 Å². The molecule has 120 valence electrons. The number of ether oxygens (including phenoxy) is 1. The summed E-state index contributed by atoms with van der Waals surface area (Å²) in [7, 11) is 0. The zero-order chi connectivity index (χ0) is 15.7. The third-order valence-corrected chi connectivity index (χ3v) is 5.37. The van der Waals surface area contributed by atoms with Gasteiger partial charge < -0.3 is 15.2 Å². The minimum atomic E-state index is -0.151. The first-order chi connectivity index (χ1) is 10.5. The van der Waals surface area contributed by atoms with Crippen molar-refractivity contribution in [3.8, 4) is 0 Å². The van der Waals surface area contributed by atoms with E-state index in [1.54, 1.807) is 23.1 Å². The van der Waals surface area contributed by atoms with Gasteiger partial charge in [-0.1, -0.05) is 11.8 Å². The molecule has 0 bridgehead atoms. The molecule has 1 aliphatic heterocycles. The normalized spacial score (nSPS) is 16.7. The number of nitrogens with one attached hydrogen (secondary N) is 1. The molecular formula is C15H21N3O2S2. The van der Waals surface area contributed by atoms with Gasteiger partial charge in [-0.05, 0) is 32.1 Å². The Balaban J connectivity index is 2.08. The lowest BCUT2D eigenvalue weighted by molar-refractivity contribution is -0.0379. The highest BCUT2D eigenvalue weighted by Gasteiger charge is 2.30. The van der Waals surface area contributed by atoms with E-state index in [9.17, 15) is 0 Å². The fourth-order valence-corrected chi connectivity index (χ4v) is 4.16. The molecule has 0 radical (unpaired) electrons. The van der Waals surface area contributed by atoms with Crippen molar-refractivity contribution >= 4 is 39.1 Å². The van der Waals surface area contributed by atoms with Crippen molar-refractivity contribution in [3.63, 3.8) is 0 Å². The fourth-order valence-electron chi connectivity index (χ4n) is 2.63. The summed E-state index contributed by atoms with van der Waals surface area (Å²) in [6.07, 6.45) is 3.57. The van der Waals surface area contributed by atoms with Gasteiger partial charge in [-0.2, -0.15) is 0 Å². The second kappa shape index (κ2) is 6.31. The van der Waals surface area contributed by atoms with Crippen LogP contribution >= 0.6 is 23.1 Å². The van der Waals surface area contributed by atoms with Gasteiger partial charge in [-0.15, -0.1) is 11.3 Å². The number of aromatic nitrogens is 2. The maximum atomic E-state index is 8.99. The predicted octanol–water partition coefficient (Wildman–Crippen LogP) is 3.06. The van der Waals surface area contributed by atoms with Gasteiger partial charge >= 0.3 is 0 Å². The Hall–Kier alpha value is -0.890. The SMILES string of the molecule is CSc1nc(NCCCO)c2c3c(sc2n1)COC(C)(C)C3. The maximum Gasteiger partial charge on any atom is 0.190 e. The van der Waals surface area contributed by atoms with Crippen LogP contribution in [-0.4, -0.2) is 40.1 Å². The second-order valence-electron chi connectivity index (χ2n) is 5.97. The van der Waals surface area contributed by atoms with Crippen molar-refractivity contribution in [1.29, 1.82) is 0 Å². The van der Waals surface area contributed by atoms with Crippen LogP contribution in [0.1, 0.15) is 30.7 Å². The summed E-state index contributed by atoms with van der Waals surface area (Å²) in [6, 6.07) is 0. The van der Waals surface area contributed by atoms with Gasteiger partial charge in [-0.25, -0.2) is 9.97 Å². The molecule has 0 aromatic carbocycles. The Kier molecular flexibility index (Phi) is 4.59. The van der Waals surface area contributed by atoms with Crippen LogP contribution in [0.25, 0.3) is 10.2 Å². The zero-order valence-corrected chi connectivity index (χ0v) is 14.7. The Labute approximate surface area is 138 Å². The summed E-state index contributed by atoms with van der Waals surface area (Å²) in [5.41, 5.74) is 1.16. The van der Waals surface area contributed by atoms with Gasteiger partial charge in [-0.3, -0.25) is 0 Å². The standard InChI is InChI=1S/C15H21N3O2S2/c1-15(2)7-9-10(8-20-15)22-13-11(9)12(16-5-4-6-19)17-14(18-13)21-3/h19H,4-8H2,1-3H3,(H,16,17,18). The van der Waals surface area contributed by atoms with Crippen molar-refractivity contribution < 1.29 is 9.84 Å². The molecule has 7 heteroatoms. The number of fused-ring (bicyclic) bond motifs is 3. The minimum absolute atomic E-state index is 0.151. The smallest absolute Gasteiger partial charge is 0.190 e. The van der Waals surface area contributed by atoms with Crippen LogP contribution in [0.15, 0.2) is 5.16 Å². The fraction of sp³-hybridized carbons (Fsp3) is 0.600. The molecule has 1 aliphatic rings. The Morgan fingerprint density at radius 1 is 1.41 bits per heavy atom. The molecule has 0 amide bonds. The lowest BCUT2D eigenvalue weighted by Gasteiger charge is -2.30. The lowest BCUT2D eigenvalue weighted by atomic mass is 9.94. The van der Waals surface area contributed by atoms with Crippen molar-refractivity contribution in [2.24, 2.45) is 0 Å². The van der Waals surface area contributed by atoms with Crippen LogP contribution < -0.4 is 5.32 Å². The molecule has 0 aliphatic carbocycles. The number of anilines is 1. The molecule has 0 unspecified atom stereocenters. The summed E-state index contributed by atoms with van der Waals surface area (Å²) >= 11 is 3.25. The number of thioether (sulfide) groups is 1. The number of hydrogen-bond acceptors (Lipinski definition) is 7. The number of aliphatic hydroxyl groups is 1. The molecule has 3 heterocycles. The molecule has 22 heavy (non-hydrogen) atoms. The highest BCUT2D eigenvalue weighted by molar-refractivity contribution is 7.98. The topological polar surface area (TPSA) is 67.3 Å². The van der Waals surface area contributed by atoms with Gasteiger partial charge in [0.05, 0.1) is 17.6 Å². The Bertz CT molecular complexity index is 685. The van der Waals surface area contributed by atoms with Crippen LogP contribution in [0, 0.1) is 0 Å². The molecule has 2 N–H and O–H groups in total. The summed E-state index contributed by atoms with van der Waals surface area (Å²) in [4.78, 5) is 11.6. The van der Waals surface area contributed by atoms with Crippen LogP contribution in [0.3, 0.4) is 0 Å². The Morgan fingerprint density at radius 2 is 2.23 bits per heavy atom. The molecule has 0 spiro atoms. The molecule has 3 rings (SSSR count). The minimum Gasteiger partial charge on any atom is -0.396 e. The monoisotopic (exact) mass is 339 g/mol. The predicted molar refractivity (Wildman–Crippen MR) is 92.0 cm³/mol. The van der Waals surface area contributed by atoms with Crippen LogP contribution in [0.2, 0.25) is 0 Å². The number of thiophene rings is 1. The molecule has 2 aromatic heterocycles. The van der Waals surface area contributed by atoms with E-state index in [0.29, 0.717) is 19.6 Å². The quantitative estimate of drug-likeness (QED) is 0.496. The largest absolute Gasteiger partial charge is 0.396 e. The molecule has 0 saturated heterocycles. The Morgan fingerprint density at radius 3 is 2.95 bits per heavy atom. The van der Waals surface area contributed by atoms with E-state index in [4.69, 9.17) is 9.84 Å². The van der Waals surface area contributed by atoms with E-state index in [-0.39, 0.29) is 12.2 Å². The number of aliphatic hydroxyl groups excluding tert-OH is 1. The van der Waals surface area contributed by atoms with Gasteiger partial charge in [0, 0.05) is 24.4 Å². The average Bonchev–Trinajstić information content (AvgIpc) is 2.83. The summed E-state index contributed by atoms with van der Waals surface area (Å²) in [5.74, 6) is 0.887. The van der Waals surface area contributed by atoms with E-state index in [1.165, 1.54) is 10.4 Å². The third kappa shape index (κ3) is 3.08. The first kappa shape index (κ1) is 16.0. The van der Waals surface area contributed by atoms with Gasteiger partial charge in [0.15, 0.2) is 5.16 Å². The molecule has 2 aromatic rings. The van der Waals surface area contributed by atoms with Crippen molar-refractivity contribution in [2.45, 2.75) is 44.1 Å². The van der Waals surface area contributed by atoms with E-state index >= 15 is 0 Å². The molecule has 5 nitrogen and oxygen atoms in total. The zero-order valence-electron chi connectivity index (χ0n) is 13.1. The van der Waals surface area contributed by atoms with Crippen molar-refractivity contribution in [1.82, 2.24) is 9.97 Å². The van der Waals surface area contributed by atoms with E-state index in [2.05, 4.69) is 29.1 Å². The van der Waals surface area contributed by atoms with Crippen molar-refractivity contribution in [2.75, 3.05) is 24.7 Å². The molecule has 0 fully saturated rings. The molecular weight excluding hydrogens is 318 g/mol. The van der Waals surface area contributed by atoms with Gasteiger partial charge in [0.2, 0.25) is 0 Å². The van der Waals surface area contributed by atoms with Crippen molar-refractivity contribution in [3.05, 3.63) is 10.4 Å². The highest BCUT2D eigenvalue weighted by Crippen LogP contribution is 2.41. The number of hydrogen-bond donors (Lipinski definition) is 2. The first-order valence-corrected chi connectivity index (χ1v) is 9.43. The van der Waals surface area contributed by atoms with Gasteiger partial charge in [0.25, 0.3) is 0 Å².